The summed E-state index contributed by atoms with van der Waals surface area (Å²) in [6.07, 6.45) is 2.66. The molecule has 3 heteroatoms. The van der Waals surface area contributed by atoms with E-state index in [9.17, 15) is 0 Å². The Morgan fingerprint density at radius 2 is 2.10 bits per heavy atom. The molecule has 1 aromatic carbocycles. The molecule has 2 rings (SSSR count). The summed E-state index contributed by atoms with van der Waals surface area (Å²) < 4.78 is 5.56. The molecular formula is C18H30N2O. The number of piperidine rings is 1. The first-order chi connectivity index (χ1) is 10.1. The van der Waals surface area contributed by atoms with E-state index in [0.717, 1.165) is 31.3 Å². The van der Waals surface area contributed by atoms with E-state index in [-0.39, 0.29) is 0 Å². The Labute approximate surface area is 129 Å². The van der Waals surface area contributed by atoms with Crippen LogP contribution in [-0.2, 0) is 13.1 Å². The van der Waals surface area contributed by atoms with Gasteiger partial charge in [-0.25, -0.2) is 0 Å². The van der Waals surface area contributed by atoms with Crippen LogP contribution < -0.4 is 10.1 Å². The molecule has 0 spiro atoms. The summed E-state index contributed by atoms with van der Waals surface area (Å²) in [6, 6.07) is 7.24. The highest BCUT2D eigenvalue weighted by atomic mass is 16.5. The highest BCUT2D eigenvalue weighted by Crippen LogP contribution is 2.27. The SMILES string of the molecule is CCNCc1ccc(OC)c(CN2CC(C)CCC2C)c1. The van der Waals surface area contributed by atoms with Crippen LogP contribution in [0, 0.1) is 5.92 Å². The van der Waals surface area contributed by atoms with Crippen molar-refractivity contribution >= 4 is 0 Å². The molecule has 0 aliphatic carbocycles. The number of methoxy groups -OCH3 is 1. The van der Waals surface area contributed by atoms with Crippen molar-refractivity contribution < 1.29 is 4.74 Å². The monoisotopic (exact) mass is 290 g/mol. The third-order valence-corrected chi connectivity index (χ3v) is 4.54. The molecule has 21 heavy (non-hydrogen) atoms. The summed E-state index contributed by atoms with van der Waals surface area (Å²) in [5.41, 5.74) is 2.65. The van der Waals surface area contributed by atoms with Gasteiger partial charge in [-0.05, 0) is 49.9 Å². The van der Waals surface area contributed by atoms with Crippen LogP contribution in [0.5, 0.6) is 5.75 Å². The predicted octanol–water partition coefficient (Wildman–Crippen LogP) is 3.43. The zero-order valence-corrected chi connectivity index (χ0v) is 14.0. The van der Waals surface area contributed by atoms with E-state index in [1.807, 2.05) is 0 Å². The smallest absolute Gasteiger partial charge is 0.123 e. The number of benzene rings is 1. The Hall–Kier alpha value is -1.06. The highest BCUT2D eigenvalue weighted by molar-refractivity contribution is 5.37. The molecule has 2 atom stereocenters. The summed E-state index contributed by atoms with van der Waals surface area (Å²) in [5.74, 6) is 1.82. The van der Waals surface area contributed by atoms with Gasteiger partial charge in [-0.15, -0.1) is 0 Å². The fourth-order valence-electron chi connectivity index (χ4n) is 3.15. The Morgan fingerprint density at radius 1 is 1.29 bits per heavy atom. The molecule has 0 radical (unpaired) electrons. The summed E-state index contributed by atoms with van der Waals surface area (Å²) in [5, 5.41) is 3.39. The van der Waals surface area contributed by atoms with Crippen molar-refractivity contribution in [3.05, 3.63) is 29.3 Å². The van der Waals surface area contributed by atoms with E-state index in [4.69, 9.17) is 4.74 Å². The van der Waals surface area contributed by atoms with Crippen LogP contribution in [0.25, 0.3) is 0 Å². The van der Waals surface area contributed by atoms with Gasteiger partial charge in [0.2, 0.25) is 0 Å². The molecule has 0 saturated carbocycles. The molecule has 2 unspecified atom stereocenters. The van der Waals surface area contributed by atoms with Crippen LogP contribution in [0.2, 0.25) is 0 Å². The second-order valence-corrected chi connectivity index (χ2v) is 6.39. The van der Waals surface area contributed by atoms with Crippen LogP contribution in [0.4, 0.5) is 0 Å². The van der Waals surface area contributed by atoms with Crippen molar-refractivity contribution in [3.8, 4) is 5.75 Å². The standard InChI is InChI=1S/C18H30N2O/c1-5-19-11-16-8-9-18(21-4)17(10-16)13-20-12-14(2)6-7-15(20)3/h8-10,14-15,19H,5-7,11-13H2,1-4H3. The summed E-state index contributed by atoms with van der Waals surface area (Å²) in [6.45, 7) is 11.0. The normalized spacial score (nSPS) is 23.2. The predicted molar refractivity (Wildman–Crippen MR) is 88.6 cm³/mol. The molecule has 1 N–H and O–H groups in total. The minimum atomic E-state index is 0.670. The Kier molecular flexibility index (Phi) is 6.07. The molecule has 1 aliphatic heterocycles. The van der Waals surface area contributed by atoms with Crippen molar-refractivity contribution in [3.63, 3.8) is 0 Å². The molecular weight excluding hydrogens is 260 g/mol. The molecule has 1 fully saturated rings. The van der Waals surface area contributed by atoms with Crippen LogP contribution in [-0.4, -0.2) is 31.1 Å². The van der Waals surface area contributed by atoms with Crippen LogP contribution in [0.15, 0.2) is 18.2 Å². The lowest BCUT2D eigenvalue weighted by Crippen LogP contribution is -2.40. The Bertz CT molecular complexity index is 447. The molecule has 1 aromatic rings. The molecule has 3 nitrogen and oxygen atoms in total. The number of hydrogen-bond acceptors (Lipinski definition) is 3. The number of ether oxygens (including phenoxy) is 1. The van der Waals surface area contributed by atoms with Crippen molar-refractivity contribution in [1.29, 1.82) is 0 Å². The second-order valence-electron chi connectivity index (χ2n) is 6.39. The fourth-order valence-corrected chi connectivity index (χ4v) is 3.15. The van der Waals surface area contributed by atoms with Gasteiger partial charge in [0.1, 0.15) is 5.75 Å². The lowest BCUT2D eigenvalue weighted by Gasteiger charge is -2.37. The first-order valence-corrected chi connectivity index (χ1v) is 8.24. The first-order valence-electron chi connectivity index (χ1n) is 8.24. The number of rotatable bonds is 6. The van der Waals surface area contributed by atoms with Crippen LogP contribution in [0.1, 0.15) is 44.7 Å². The Balaban J connectivity index is 2.12. The third kappa shape index (κ3) is 4.45. The minimum absolute atomic E-state index is 0.670. The molecule has 0 bridgehead atoms. The van der Waals surface area contributed by atoms with Gasteiger partial charge in [-0.1, -0.05) is 19.9 Å². The average molecular weight is 290 g/mol. The lowest BCUT2D eigenvalue weighted by atomic mass is 9.94. The van der Waals surface area contributed by atoms with Crippen LogP contribution >= 0.6 is 0 Å². The van der Waals surface area contributed by atoms with Gasteiger partial charge in [0.05, 0.1) is 7.11 Å². The maximum atomic E-state index is 5.56. The second kappa shape index (κ2) is 7.81. The zero-order valence-electron chi connectivity index (χ0n) is 14.0. The van der Waals surface area contributed by atoms with E-state index in [1.165, 1.54) is 30.5 Å². The molecule has 0 aromatic heterocycles. The quantitative estimate of drug-likeness (QED) is 0.869. The summed E-state index contributed by atoms with van der Waals surface area (Å²) in [7, 11) is 1.77. The summed E-state index contributed by atoms with van der Waals surface area (Å²) in [4.78, 5) is 2.60. The maximum absolute atomic E-state index is 5.56. The lowest BCUT2D eigenvalue weighted by molar-refractivity contribution is 0.116. The van der Waals surface area contributed by atoms with Gasteiger partial charge < -0.3 is 10.1 Å². The van der Waals surface area contributed by atoms with E-state index in [2.05, 4.69) is 49.2 Å². The number of nitrogens with one attached hydrogen (secondary N) is 1. The average Bonchev–Trinajstić information content (AvgIpc) is 2.49. The van der Waals surface area contributed by atoms with Crippen molar-refractivity contribution in [2.24, 2.45) is 5.92 Å². The van der Waals surface area contributed by atoms with Gasteiger partial charge in [0.25, 0.3) is 0 Å². The van der Waals surface area contributed by atoms with Crippen LogP contribution in [0.3, 0.4) is 0 Å². The first kappa shape index (κ1) is 16.3. The minimum Gasteiger partial charge on any atom is -0.496 e. The van der Waals surface area contributed by atoms with Gasteiger partial charge >= 0.3 is 0 Å². The third-order valence-electron chi connectivity index (χ3n) is 4.54. The van der Waals surface area contributed by atoms with Gasteiger partial charge in [-0.2, -0.15) is 0 Å². The van der Waals surface area contributed by atoms with Gasteiger partial charge in [0.15, 0.2) is 0 Å². The fraction of sp³-hybridized carbons (Fsp3) is 0.667. The van der Waals surface area contributed by atoms with E-state index in [0.29, 0.717) is 6.04 Å². The zero-order chi connectivity index (χ0) is 15.2. The number of hydrogen-bond donors (Lipinski definition) is 1. The van der Waals surface area contributed by atoms with Gasteiger partial charge in [0, 0.05) is 31.2 Å². The van der Waals surface area contributed by atoms with Gasteiger partial charge in [-0.3, -0.25) is 4.90 Å². The maximum Gasteiger partial charge on any atom is 0.123 e. The van der Waals surface area contributed by atoms with E-state index >= 15 is 0 Å². The molecule has 1 saturated heterocycles. The van der Waals surface area contributed by atoms with Crippen molar-refractivity contribution in [1.82, 2.24) is 10.2 Å². The number of likely N-dealkylation sites (tertiary alicyclic amines) is 1. The molecule has 1 heterocycles. The van der Waals surface area contributed by atoms with Crippen molar-refractivity contribution in [2.45, 2.75) is 52.7 Å². The molecule has 118 valence electrons. The topological polar surface area (TPSA) is 24.5 Å². The largest absolute Gasteiger partial charge is 0.496 e. The Morgan fingerprint density at radius 3 is 2.81 bits per heavy atom. The van der Waals surface area contributed by atoms with E-state index < -0.39 is 0 Å². The molecule has 0 amide bonds. The number of nitrogens with zero attached hydrogens (tertiary/aromatic N) is 1. The summed E-state index contributed by atoms with van der Waals surface area (Å²) >= 11 is 0. The molecule has 1 aliphatic rings. The van der Waals surface area contributed by atoms with Crippen molar-refractivity contribution in [2.75, 3.05) is 20.2 Å². The van der Waals surface area contributed by atoms with E-state index in [1.54, 1.807) is 7.11 Å². The highest BCUT2D eigenvalue weighted by Gasteiger charge is 2.23.